The topological polar surface area (TPSA) is 9.23 Å². The number of hydrogen-bond acceptors (Lipinski definition) is 1. The number of halogens is 4. The van der Waals surface area contributed by atoms with Gasteiger partial charge >= 0.3 is 0 Å². The van der Waals surface area contributed by atoms with Crippen LogP contribution in [0.2, 0.25) is 0 Å². The minimum Gasteiger partial charge on any atom is -0.494 e. The summed E-state index contributed by atoms with van der Waals surface area (Å²) in [5.41, 5.74) is 2.52. The van der Waals surface area contributed by atoms with Gasteiger partial charge in [-0.05, 0) is 67.3 Å². The summed E-state index contributed by atoms with van der Waals surface area (Å²) in [4.78, 5) is 0. The maximum Gasteiger partial charge on any atom is 0.201 e. The first-order valence-electron chi connectivity index (χ1n) is 11.3. The van der Waals surface area contributed by atoms with Gasteiger partial charge in [0.1, 0.15) is 0 Å². The lowest BCUT2D eigenvalue weighted by Crippen LogP contribution is -2.06. The van der Waals surface area contributed by atoms with Gasteiger partial charge in [-0.1, -0.05) is 60.2 Å². The molecule has 34 heavy (non-hydrogen) atoms. The smallest absolute Gasteiger partial charge is 0.201 e. The number of ether oxygens (including phenoxy) is 1. The fraction of sp³-hybridized carbons (Fsp3) is 0.241. The highest BCUT2D eigenvalue weighted by Crippen LogP contribution is 2.34. The van der Waals surface area contributed by atoms with Crippen molar-refractivity contribution < 1.29 is 22.3 Å². The van der Waals surface area contributed by atoms with Crippen molar-refractivity contribution in [3.8, 4) is 28.0 Å². The average molecular weight is 467 g/mol. The molecule has 0 aromatic heterocycles. The van der Waals surface area contributed by atoms with E-state index in [2.05, 4.69) is 18.2 Å². The molecule has 0 N–H and O–H groups in total. The molecule has 1 aliphatic carbocycles. The summed E-state index contributed by atoms with van der Waals surface area (Å²) in [5, 5.41) is 0. The minimum absolute atomic E-state index is 0.0595. The summed E-state index contributed by atoms with van der Waals surface area (Å²) in [6.45, 7) is 2.00. The Morgan fingerprint density at radius 3 is 2.00 bits per heavy atom. The largest absolute Gasteiger partial charge is 0.494 e. The van der Waals surface area contributed by atoms with Gasteiger partial charge in [0.2, 0.25) is 5.82 Å². The normalized spacial score (nSPS) is 16.1. The molecule has 0 aliphatic heterocycles. The summed E-state index contributed by atoms with van der Waals surface area (Å²) in [7, 11) is 1.26. The molecule has 1 aliphatic rings. The van der Waals surface area contributed by atoms with E-state index in [-0.39, 0.29) is 16.9 Å². The number of rotatable bonds is 6. The first kappa shape index (κ1) is 23.8. The summed E-state index contributed by atoms with van der Waals surface area (Å²) >= 11 is 0. The van der Waals surface area contributed by atoms with E-state index < -0.39 is 23.3 Å². The molecule has 0 saturated heterocycles. The molecule has 3 aromatic carbocycles. The second kappa shape index (κ2) is 10.3. The Balaban J connectivity index is 1.55. The van der Waals surface area contributed by atoms with E-state index in [1.165, 1.54) is 19.2 Å². The maximum absolute atomic E-state index is 15.0. The molecule has 1 nitrogen and oxygen atoms in total. The molecule has 0 saturated carbocycles. The SMILES string of the molecule is C/C=C/C1CC=C(Cc2ccc(-c3ccc(-c4ccc(OC)c(F)c4F)cc3)c(F)c2F)CC1. The molecule has 0 fully saturated rings. The van der Waals surface area contributed by atoms with Crippen molar-refractivity contribution >= 4 is 0 Å². The zero-order valence-electron chi connectivity index (χ0n) is 19.2. The van der Waals surface area contributed by atoms with Gasteiger partial charge < -0.3 is 4.74 Å². The summed E-state index contributed by atoms with van der Waals surface area (Å²) in [6, 6.07) is 12.2. The molecule has 1 atom stereocenters. The van der Waals surface area contributed by atoms with E-state index in [1.54, 1.807) is 36.4 Å². The molecule has 176 valence electrons. The van der Waals surface area contributed by atoms with Crippen LogP contribution in [0.3, 0.4) is 0 Å². The lowest BCUT2D eigenvalue weighted by Gasteiger charge is -2.19. The van der Waals surface area contributed by atoms with Crippen LogP contribution in [0.25, 0.3) is 22.3 Å². The third-order valence-electron chi connectivity index (χ3n) is 6.36. The zero-order valence-corrected chi connectivity index (χ0v) is 19.2. The Hall–Kier alpha value is -3.34. The van der Waals surface area contributed by atoms with Crippen LogP contribution in [-0.4, -0.2) is 7.11 Å². The molecule has 5 heteroatoms. The highest BCUT2D eigenvalue weighted by Gasteiger charge is 2.19. The third-order valence-corrected chi connectivity index (χ3v) is 6.36. The van der Waals surface area contributed by atoms with Gasteiger partial charge in [0.15, 0.2) is 23.2 Å². The Bertz CT molecular complexity index is 1240. The molecule has 0 heterocycles. The van der Waals surface area contributed by atoms with E-state index in [0.29, 0.717) is 29.0 Å². The van der Waals surface area contributed by atoms with Gasteiger partial charge in [-0.3, -0.25) is 0 Å². The number of allylic oxidation sites excluding steroid dienone is 4. The molecule has 4 rings (SSSR count). The van der Waals surface area contributed by atoms with Crippen molar-refractivity contribution in [3.63, 3.8) is 0 Å². The highest BCUT2D eigenvalue weighted by molar-refractivity contribution is 5.71. The maximum atomic E-state index is 15.0. The second-order valence-electron chi connectivity index (χ2n) is 8.52. The van der Waals surface area contributed by atoms with Gasteiger partial charge in [-0.15, -0.1) is 0 Å². The van der Waals surface area contributed by atoms with Crippen molar-refractivity contribution in [1.82, 2.24) is 0 Å². The summed E-state index contributed by atoms with van der Waals surface area (Å²) in [5.74, 6) is -3.52. The lowest BCUT2D eigenvalue weighted by molar-refractivity contribution is 0.372. The number of benzene rings is 3. The van der Waals surface area contributed by atoms with Crippen LogP contribution >= 0.6 is 0 Å². The van der Waals surface area contributed by atoms with Crippen LogP contribution in [0.4, 0.5) is 17.6 Å². The summed E-state index contributed by atoms with van der Waals surface area (Å²) in [6.07, 6.45) is 9.59. The van der Waals surface area contributed by atoms with E-state index >= 15 is 0 Å². The van der Waals surface area contributed by atoms with Gasteiger partial charge in [0.25, 0.3) is 0 Å². The van der Waals surface area contributed by atoms with Crippen molar-refractivity contribution in [3.05, 3.63) is 101 Å². The fourth-order valence-corrected chi connectivity index (χ4v) is 4.45. The molecule has 0 amide bonds. The van der Waals surface area contributed by atoms with Crippen molar-refractivity contribution in [1.29, 1.82) is 0 Å². The van der Waals surface area contributed by atoms with E-state index in [4.69, 9.17) is 4.74 Å². The Morgan fingerprint density at radius 1 is 0.824 bits per heavy atom. The first-order valence-corrected chi connectivity index (χ1v) is 11.3. The predicted molar refractivity (Wildman–Crippen MR) is 128 cm³/mol. The third kappa shape index (κ3) is 4.79. The van der Waals surface area contributed by atoms with E-state index in [0.717, 1.165) is 24.8 Å². The van der Waals surface area contributed by atoms with Gasteiger partial charge in [0, 0.05) is 11.1 Å². The molecular weight excluding hydrogens is 440 g/mol. The van der Waals surface area contributed by atoms with Gasteiger partial charge in [-0.2, -0.15) is 4.39 Å². The zero-order chi connectivity index (χ0) is 24.2. The summed E-state index contributed by atoms with van der Waals surface area (Å²) < 4.78 is 63.1. The minimum atomic E-state index is -1.07. The quantitative estimate of drug-likeness (QED) is 0.262. The van der Waals surface area contributed by atoms with Crippen LogP contribution in [0, 0.1) is 29.2 Å². The Labute approximate surface area is 197 Å². The van der Waals surface area contributed by atoms with E-state index in [9.17, 15) is 17.6 Å². The fourth-order valence-electron chi connectivity index (χ4n) is 4.45. The van der Waals surface area contributed by atoms with Gasteiger partial charge in [0.05, 0.1) is 7.11 Å². The monoisotopic (exact) mass is 466 g/mol. The second-order valence-corrected chi connectivity index (χ2v) is 8.52. The van der Waals surface area contributed by atoms with Crippen LogP contribution in [0.1, 0.15) is 31.7 Å². The average Bonchev–Trinajstić information content (AvgIpc) is 2.85. The number of hydrogen-bond donors (Lipinski definition) is 0. The van der Waals surface area contributed by atoms with Crippen LogP contribution in [0.5, 0.6) is 5.75 Å². The van der Waals surface area contributed by atoms with Crippen molar-refractivity contribution in [2.75, 3.05) is 7.11 Å². The van der Waals surface area contributed by atoms with Crippen molar-refractivity contribution in [2.24, 2.45) is 5.92 Å². The Morgan fingerprint density at radius 2 is 1.44 bits per heavy atom. The van der Waals surface area contributed by atoms with Gasteiger partial charge in [-0.25, -0.2) is 13.2 Å². The van der Waals surface area contributed by atoms with Crippen LogP contribution < -0.4 is 4.74 Å². The molecule has 0 spiro atoms. The van der Waals surface area contributed by atoms with Crippen molar-refractivity contribution in [2.45, 2.75) is 32.6 Å². The first-order chi connectivity index (χ1) is 16.4. The van der Waals surface area contributed by atoms with E-state index in [1.807, 2.05) is 6.92 Å². The molecular formula is C29H26F4O. The molecule has 1 unspecified atom stereocenters. The number of methoxy groups -OCH3 is 1. The molecule has 0 radical (unpaired) electrons. The standard InChI is InChI=1S/C29H26F4O/c1-3-4-18-5-7-19(8-6-18)17-22-13-14-23(27(31)26(22)30)20-9-11-21(12-10-20)24-15-16-25(34-2)29(33)28(24)32/h3-4,7,9-16,18H,5-6,8,17H2,1-2H3/b4-3+. The predicted octanol–water partition coefficient (Wildman–Crippen LogP) is 8.43. The molecule has 3 aromatic rings. The highest BCUT2D eigenvalue weighted by atomic mass is 19.2. The van der Waals surface area contributed by atoms with Crippen LogP contribution in [-0.2, 0) is 6.42 Å². The molecule has 0 bridgehead atoms. The lowest BCUT2D eigenvalue weighted by atomic mass is 9.86. The van der Waals surface area contributed by atoms with Crippen LogP contribution in [0.15, 0.2) is 72.3 Å². The Kier molecular flexibility index (Phi) is 7.20.